The molecule has 1 aromatic carbocycles. The monoisotopic (exact) mass is 242 g/mol. The molecule has 0 N–H and O–H groups in total. The first kappa shape index (κ1) is 14.8. The van der Waals surface area contributed by atoms with Crippen molar-refractivity contribution in [2.45, 2.75) is 58.8 Å². The topological polar surface area (TPSA) is 0 Å². The molecule has 2 unspecified atom stereocenters. The fraction of sp³-hybridized carbons (Fsp3) is 0.556. The average Bonchev–Trinajstić information content (AvgIpc) is 2.43. The van der Waals surface area contributed by atoms with E-state index < -0.39 is 0 Å². The maximum Gasteiger partial charge on any atom is 0.0242 e. The lowest BCUT2D eigenvalue weighted by Gasteiger charge is -2.18. The van der Waals surface area contributed by atoms with Crippen LogP contribution in [0.3, 0.4) is 0 Å². The van der Waals surface area contributed by atoms with Crippen LogP contribution in [-0.4, -0.2) is 0 Å². The zero-order chi connectivity index (χ0) is 13.4. The molecular weight excluding hydrogens is 216 g/mol. The van der Waals surface area contributed by atoms with E-state index >= 15 is 0 Å². The van der Waals surface area contributed by atoms with Gasteiger partial charge in [0.2, 0.25) is 0 Å². The van der Waals surface area contributed by atoms with Gasteiger partial charge < -0.3 is 0 Å². The molecule has 2 atom stereocenters. The third-order valence-corrected chi connectivity index (χ3v) is 3.89. The summed E-state index contributed by atoms with van der Waals surface area (Å²) < 4.78 is 0. The molecule has 0 aliphatic heterocycles. The fourth-order valence-electron chi connectivity index (χ4n) is 2.37. The second-order valence-electron chi connectivity index (χ2n) is 5.34. The van der Waals surface area contributed by atoms with Gasteiger partial charge in [0.15, 0.2) is 0 Å². The Morgan fingerprint density at radius 1 is 1.06 bits per heavy atom. The predicted octanol–water partition coefficient (Wildman–Crippen LogP) is 5.38. The predicted molar refractivity (Wildman–Crippen MR) is 80.7 cm³/mol. The van der Waals surface area contributed by atoms with Crippen molar-refractivity contribution in [2.75, 3.05) is 0 Å². The Bertz CT molecular complexity index is 366. The van der Waals surface area contributed by atoms with Crippen LogP contribution in [0.25, 0.3) is 0 Å². The minimum absolute atomic E-state index is 0.704. The van der Waals surface area contributed by atoms with Crippen LogP contribution in [0.4, 0.5) is 0 Å². The lowest BCUT2D eigenvalue weighted by Crippen LogP contribution is -2.02. The number of rotatable bonds is 7. The molecule has 0 nitrogen and oxygen atoms in total. The molecule has 0 saturated carbocycles. The summed E-state index contributed by atoms with van der Waals surface area (Å²) in [6.07, 6.45) is 11.9. The van der Waals surface area contributed by atoms with E-state index in [-0.39, 0.29) is 0 Å². The standard InChI is InChI=1S/C18H26/c1-5-8-17(12-9-15(4)6-2)18-13-10-16(7-3)11-14-18/h3,10-11,13-15,17H,5-6,8-9,12H2,1-2,4H3. The molecule has 0 radical (unpaired) electrons. The zero-order valence-corrected chi connectivity index (χ0v) is 12.1. The average molecular weight is 242 g/mol. The van der Waals surface area contributed by atoms with E-state index in [9.17, 15) is 0 Å². The van der Waals surface area contributed by atoms with Gasteiger partial charge in [-0.3, -0.25) is 0 Å². The molecular formula is C18H26. The fourth-order valence-corrected chi connectivity index (χ4v) is 2.37. The summed E-state index contributed by atoms with van der Waals surface area (Å²) in [7, 11) is 0. The summed E-state index contributed by atoms with van der Waals surface area (Å²) in [5.41, 5.74) is 2.44. The van der Waals surface area contributed by atoms with Crippen molar-refractivity contribution in [1.82, 2.24) is 0 Å². The van der Waals surface area contributed by atoms with E-state index in [0.717, 1.165) is 11.5 Å². The number of hydrogen-bond acceptors (Lipinski definition) is 0. The first-order chi connectivity index (χ1) is 8.71. The van der Waals surface area contributed by atoms with Gasteiger partial charge in [0, 0.05) is 5.56 Å². The molecule has 18 heavy (non-hydrogen) atoms. The molecule has 0 spiro atoms. The Hall–Kier alpha value is -1.22. The molecule has 98 valence electrons. The Balaban J connectivity index is 2.67. The molecule has 1 aromatic rings. The van der Waals surface area contributed by atoms with Gasteiger partial charge in [-0.15, -0.1) is 6.42 Å². The van der Waals surface area contributed by atoms with Crippen LogP contribution >= 0.6 is 0 Å². The summed E-state index contributed by atoms with van der Waals surface area (Å²) in [6, 6.07) is 8.57. The summed E-state index contributed by atoms with van der Waals surface area (Å²) in [5.74, 6) is 4.23. The van der Waals surface area contributed by atoms with Gasteiger partial charge in [-0.2, -0.15) is 0 Å². The molecule has 0 aromatic heterocycles. The highest BCUT2D eigenvalue weighted by molar-refractivity contribution is 5.35. The lowest BCUT2D eigenvalue weighted by atomic mass is 9.87. The highest BCUT2D eigenvalue weighted by Crippen LogP contribution is 2.28. The Kier molecular flexibility index (Phi) is 6.58. The minimum Gasteiger partial charge on any atom is -0.115 e. The first-order valence-corrected chi connectivity index (χ1v) is 7.27. The van der Waals surface area contributed by atoms with E-state index in [4.69, 9.17) is 6.42 Å². The van der Waals surface area contributed by atoms with Gasteiger partial charge in [-0.25, -0.2) is 0 Å². The molecule has 0 bridgehead atoms. The molecule has 0 heterocycles. The maximum absolute atomic E-state index is 5.40. The Morgan fingerprint density at radius 3 is 2.22 bits per heavy atom. The van der Waals surface area contributed by atoms with Crippen molar-refractivity contribution < 1.29 is 0 Å². The molecule has 0 saturated heterocycles. The summed E-state index contributed by atoms with van der Waals surface area (Å²) in [5, 5.41) is 0. The van der Waals surface area contributed by atoms with Gasteiger partial charge in [0.05, 0.1) is 0 Å². The van der Waals surface area contributed by atoms with E-state index in [2.05, 4.69) is 51.0 Å². The lowest BCUT2D eigenvalue weighted by molar-refractivity contribution is 0.445. The molecule has 0 fully saturated rings. The van der Waals surface area contributed by atoms with Crippen molar-refractivity contribution in [2.24, 2.45) is 5.92 Å². The summed E-state index contributed by atoms with van der Waals surface area (Å²) in [6.45, 7) is 6.90. The highest BCUT2D eigenvalue weighted by atomic mass is 14.2. The van der Waals surface area contributed by atoms with Gasteiger partial charge in [-0.05, 0) is 42.4 Å². The van der Waals surface area contributed by atoms with Crippen molar-refractivity contribution in [3.8, 4) is 12.3 Å². The maximum atomic E-state index is 5.40. The van der Waals surface area contributed by atoms with Crippen molar-refractivity contribution in [3.05, 3.63) is 35.4 Å². The molecule has 0 aliphatic rings. The van der Waals surface area contributed by atoms with Gasteiger partial charge >= 0.3 is 0 Å². The van der Waals surface area contributed by atoms with E-state index in [0.29, 0.717) is 5.92 Å². The highest BCUT2D eigenvalue weighted by Gasteiger charge is 2.12. The number of hydrogen-bond donors (Lipinski definition) is 0. The zero-order valence-electron chi connectivity index (χ0n) is 12.1. The van der Waals surface area contributed by atoms with Crippen LogP contribution in [0.2, 0.25) is 0 Å². The second kappa shape index (κ2) is 7.98. The first-order valence-electron chi connectivity index (χ1n) is 7.27. The van der Waals surface area contributed by atoms with Crippen LogP contribution in [0.1, 0.15) is 69.9 Å². The molecule has 0 amide bonds. The smallest absolute Gasteiger partial charge is 0.0242 e. The summed E-state index contributed by atoms with van der Waals surface area (Å²) in [4.78, 5) is 0. The van der Waals surface area contributed by atoms with Crippen molar-refractivity contribution in [1.29, 1.82) is 0 Å². The van der Waals surface area contributed by atoms with Crippen LogP contribution in [0, 0.1) is 18.3 Å². The minimum atomic E-state index is 0.704. The quantitative estimate of drug-likeness (QED) is 0.563. The van der Waals surface area contributed by atoms with Crippen LogP contribution in [0.5, 0.6) is 0 Å². The third kappa shape index (κ3) is 4.57. The summed E-state index contributed by atoms with van der Waals surface area (Å²) >= 11 is 0. The van der Waals surface area contributed by atoms with Crippen LogP contribution in [0.15, 0.2) is 24.3 Å². The van der Waals surface area contributed by atoms with E-state index in [1.54, 1.807) is 0 Å². The SMILES string of the molecule is C#Cc1ccc(C(CCC)CCC(C)CC)cc1. The van der Waals surface area contributed by atoms with Gasteiger partial charge in [0.1, 0.15) is 0 Å². The van der Waals surface area contributed by atoms with Crippen LogP contribution in [-0.2, 0) is 0 Å². The molecule has 1 rings (SSSR count). The number of benzene rings is 1. The second-order valence-corrected chi connectivity index (χ2v) is 5.34. The number of terminal acetylenes is 1. The molecule has 0 heteroatoms. The third-order valence-electron chi connectivity index (χ3n) is 3.89. The van der Waals surface area contributed by atoms with Crippen molar-refractivity contribution >= 4 is 0 Å². The van der Waals surface area contributed by atoms with Gasteiger partial charge in [0.25, 0.3) is 0 Å². The normalized spacial score (nSPS) is 13.9. The molecule has 0 aliphatic carbocycles. The Labute approximate surface area is 113 Å². The van der Waals surface area contributed by atoms with E-state index in [1.807, 2.05) is 0 Å². The Morgan fingerprint density at radius 2 is 1.72 bits per heavy atom. The van der Waals surface area contributed by atoms with Crippen molar-refractivity contribution in [3.63, 3.8) is 0 Å². The van der Waals surface area contributed by atoms with E-state index in [1.165, 1.54) is 37.7 Å². The largest absolute Gasteiger partial charge is 0.115 e. The van der Waals surface area contributed by atoms with Crippen LogP contribution < -0.4 is 0 Å². The van der Waals surface area contributed by atoms with Gasteiger partial charge in [-0.1, -0.05) is 58.1 Å².